The van der Waals surface area contributed by atoms with E-state index in [9.17, 15) is 0 Å². The molecule has 1 aromatic carbocycles. The van der Waals surface area contributed by atoms with Crippen molar-refractivity contribution in [2.24, 2.45) is 0 Å². The predicted molar refractivity (Wildman–Crippen MR) is 76.8 cm³/mol. The van der Waals surface area contributed by atoms with Crippen molar-refractivity contribution in [3.8, 4) is 0 Å². The summed E-state index contributed by atoms with van der Waals surface area (Å²) in [4.78, 5) is 15.7. The molecule has 3 aromatic rings. The van der Waals surface area contributed by atoms with Gasteiger partial charge in [0.15, 0.2) is 11.5 Å². The first-order valence-electron chi connectivity index (χ1n) is 6.64. The van der Waals surface area contributed by atoms with Crippen molar-refractivity contribution in [3.05, 3.63) is 42.0 Å². The van der Waals surface area contributed by atoms with E-state index in [1.807, 2.05) is 0 Å². The molecule has 6 nitrogen and oxygen atoms in total. The Morgan fingerprint density at radius 2 is 2.15 bits per heavy atom. The van der Waals surface area contributed by atoms with E-state index in [0.29, 0.717) is 5.65 Å². The van der Waals surface area contributed by atoms with Gasteiger partial charge in [0, 0.05) is 12.2 Å². The zero-order valence-corrected chi connectivity index (χ0v) is 10.8. The number of hydrogen-bond donors (Lipinski definition) is 3. The third kappa shape index (κ3) is 1.81. The van der Waals surface area contributed by atoms with Crippen LogP contribution in [0, 0.1) is 0 Å². The highest BCUT2D eigenvalue weighted by Crippen LogP contribution is 2.27. The normalized spacial score (nSPS) is 14.2. The summed E-state index contributed by atoms with van der Waals surface area (Å²) in [5.74, 6) is 0.763. The Morgan fingerprint density at radius 3 is 3.15 bits per heavy atom. The number of aromatic nitrogens is 4. The molecule has 0 amide bonds. The number of nitrogens with one attached hydrogen (secondary N) is 3. The van der Waals surface area contributed by atoms with Gasteiger partial charge in [0.25, 0.3) is 0 Å². The Kier molecular flexibility index (Phi) is 2.60. The maximum atomic E-state index is 4.31. The summed E-state index contributed by atoms with van der Waals surface area (Å²) in [6.45, 7) is 1.93. The van der Waals surface area contributed by atoms with Crippen LogP contribution in [0.5, 0.6) is 0 Å². The van der Waals surface area contributed by atoms with Gasteiger partial charge in [-0.2, -0.15) is 0 Å². The molecule has 0 aliphatic carbocycles. The molecule has 20 heavy (non-hydrogen) atoms. The lowest BCUT2D eigenvalue weighted by molar-refractivity contribution is 0.645. The number of fused-ring (bicyclic) bond motifs is 2. The van der Waals surface area contributed by atoms with Gasteiger partial charge in [-0.1, -0.05) is 12.1 Å². The minimum absolute atomic E-state index is 0.675. The summed E-state index contributed by atoms with van der Waals surface area (Å²) in [6.07, 6.45) is 4.19. The van der Waals surface area contributed by atoms with Crippen LogP contribution in [0.2, 0.25) is 0 Å². The Morgan fingerprint density at radius 1 is 1.15 bits per heavy atom. The number of H-pyrrole nitrogens is 1. The van der Waals surface area contributed by atoms with Crippen LogP contribution in [0.1, 0.15) is 11.1 Å². The Balaban J connectivity index is 1.78. The van der Waals surface area contributed by atoms with Crippen molar-refractivity contribution in [2.45, 2.75) is 13.0 Å². The SMILES string of the molecule is c1cc2c(c(Nc3ncnc4nc[nH]c34)c1)CCNC2. The molecule has 0 radical (unpaired) electrons. The van der Waals surface area contributed by atoms with Crippen LogP contribution in [-0.4, -0.2) is 26.5 Å². The lowest BCUT2D eigenvalue weighted by Gasteiger charge is -2.20. The molecule has 1 aliphatic heterocycles. The second-order valence-corrected chi connectivity index (χ2v) is 4.82. The molecule has 2 aromatic heterocycles. The van der Waals surface area contributed by atoms with Gasteiger partial charge in [-0.15, -0.1) is 0 Å². The molecule has 6 heteroatoms. The molecule has 0 unspecified atom stereocenters. The van der Waals surface area contributed by atoms with Crippen LogP contribution in [0.15, 0.2) is 30.9 Å². The second-order valence-electron chi connectivity index (χ2n) is 4.82. The molecule has 1 aliphatic rings. The molecule has 0 saturated heterocycles. The second kappa shape index (κ2) is 4.57. The zero-order chi connectivity index (χ0) is 13.4. The van der Waals surface area contributed by atoms with Crippen molar-refractivity contribution >= 4 is 22.7 Å². The molecular weight excluding hydrogens is 252 g/mol. The molecule has 0 fully saturated rings. The Labute approximate surface area is 115 Å². The van der Waals surface area contributed by atoms with E-state index in [2.05, 4.69) is 48.8 Å². The Bertz CT molecular complexity index is 763. The summed E-state index contributed by atoms with van der Waals surface area (Å²) >= 11 is 0. The predicted octanol–water partition coefficient (Wildman–Crippen LogP) is 1.74. The van der Waals surface area contributed by atoms with Gasteiger partial charge in [-0.25, -0.2) is 15.0 Å². The minimum atomic E-state index is 0.675. The van der Waals surface area contributed by atoms with Crippen LogP contribution >= 0.6 is 0 Å². The van der Waals surface area contributed by atoms with E-state index in [-0.39, 0.29) is 0 Å². The molecule has 3 N–H and O–H groups in total. The third-order valence-electron chi connectivity index (χ3n) is 3.62. The average molecular weight is 266 g/mol. The van der Waals surface area contributed by atoms with Gasteiger partial charge < -0.3 is 15.6 Å². The highest BCUT2D eigenvalue weighted by atomic mass is 15.1. The Hall–Kier alpha value is -2.47. The van der Waals surface area contributed by atoms with E-state index in [1.165, 1.54) is 17.5 Å². The van der Waals surface area contributed by atoms with E-state index in [4.69, 9.17) is 0 Å². The molecule has 0 saturated carbocycles. The maximum absolute atomic E-state index is 4.31. The average Bonchev–Trinajstić information content (AvgIpc) is 2.97. The smallest absolute Gasteiger partial charge is 0.182 e. The van der Waals surface area contributed by atoms with Crippen LogP contribution in [0.3, 0.4) is 0 Å². The van der Waals surface area contributed by atoms with E-state index in [1.54, 1.807) is 6.33 Å². The maximum Gasteiger partial charge on any atom is 0.182 e. The van der Waals surface area contributed by atoms with E-state index >= 15 is 0 Å². The van der Waals surface area contributed by atoms with Gasteiger partial charge in [0.2, 0.25) is 0 Å². The number of imidazole rings is 1. The van der Waals surface area contributed by atoms with Gasteiger partial charge in [0.1, 0.15) is 11.8 Å². The summed E-state index contributed by atoms with van der Waals surface area (Å²) in [6, 6.07) is 6.33. The number of hydrogen-bond acceptors (Lipinski definition) is 5. The number of aromatic amines is 1. The largest absolute Gasteiger partial charge is 0.340 e. The summed E-state index contributed by atoms with van der Waals surface area (Å²) < 4.78 is 0. The van der Waals surface area contributed by atoms with Crippen molar-refractivity contribution in [1.82, 2.24) is 25.3 Å². The topological polar surface area (TPSA) is 78.5 Å². The van der Waals surface area contributed by atoms with E-state index in [0.717, 1.165) is 36.5 Å². The highest BCUT2D eigenvalue weighted by Gasteiger charge is 2.14. The first kappa shape index (κ1) is 11.4. The van der Waals surface area contributed by atoms with Crippen molar-refractivity contribution in [2.75, 3.05) is 11.9 Å². The minimum Gasteiger partial charge on any atom is -0.340 e. The number of benzene rings is 1. The molecular formula is C14H14N6. The quantitative estimate of drug-likeness (QED) is 0.658. The number of nitrogens with zero attached hydrogens (tertiary/aromatic N) is 3. The van der Waals surface area contributed by atoms with Gasteiger partial charge in [0.05, 0.1) is 6.33 Å². The molecule has 0 bridgehead atoms. The van der Waals surface area contributed by atoms with E-state index < -0.39 is 0 Å². The molecule has 0 atom stereocenters. The van der Waals surface area contributed by atoms with Gasteiger partial charge in [-0.3, -0.25) is 0 Å². The van der Waals surface area contributed by atoms with Crippen molar-refractivity contribution in [1.29, 1.82) is 0 Å². The van der Waals surface area contributed by atoms with Crippen molar-refractivity contribution in [3.63, 3.8) is 0 Å². The summed E-state index contributed by atoms with van der Waals surface area (Å²) in [7, 11) is 0. The van der Waals surface area contributed by atoms with Gasteiger partial charge >= 0.3 is 0 Å². The molecule has 0 spiro atoms. The molecule has 3 heterocycles. The summed E-state index contributed by atoms with van der Waals surface area (Å²) in [5, 5.41) is 6.80. The lowest BCUT2D eigenvalue weighted by Crippen LogP contribution is -2.24. The first-order chi connectivity index (χ1) is 9.92. The van der Waals surface area contributed by atoms with Crippen LogP contribution in [0.25, 0.3) is 11.2 Å². The number of anilines is 2. The standard InChI is InChI=1S/C14H14N6/c1-2-9-6-15-5-4-10(9)11(3-1)20-14-12-13(17-7-16-12)18-8-19-14/h1-3,7-8,15H,4-6H2,(H2,16,17,18,19,20). The fourth-order valence-corrected chi connectivity index (χ4v) is 2.64. The van der Waals surface area contributed by atoms with Crippen LogP contribution < -0.4 is 10.6 Å². The fraction of sp³-hybridized carbons (Fsp3) is 0.214. The van der Waals surface area contributed by atoms with Gasteiger partial charge in [-0.05, 0) is 30.2 Å². The van der Waals surface area contributed by atoms with Crippen LogP contribution in [-0.2, 0) is 13.0 Å². The highest BCUT2D eigenvalue weighted by molar-refractivity contribution is 5.85. The summed E-state index contributed by atoms with van der Waals surface area (Å²) in [5.41, 5.74) is 5.32. The third-order valence-corrected chi connectivity index (χ3v) is 3.62. The lowest BCUT2D eigenvalue weighted by atomic mass is 9.99. The zero-order valence-electron chi connectivity index (χ0n) is 10.8. The monoisotopic (exact) mass is 266 g/mol. The fourth-order valence-electron chi connectivity index (χ4n) is 2.64. The number of rotatable bonds is 2. The first-order valence-corrected chi connectivity index (χ1v) is 6.64. The van der Waals surface area contributed by atoms with Crippen molar-refractivity contribution < 1.29 is 0 Å². The van der Waals surface area contributed by atoms with Crippen LogP contribution in [0.4, 0.5) is 11.5 Å². The molecule has 100 valence electrons. The molecule has 4 rings (SSSR count).